The molecule has 0 radical (unpaired) electrons. The minimum absolute atomic E-state index is 0.0659. The van der Waals surface area contributed by atoms with E-state index in [0.717, 1.165) is 16.8 Å². The van der Waals surface area contributed by atoms with Crippen molar-refractivity contribution in [3.05, 3.63) is 53.1 Å². The number of carbonyl (C=O) groups excluding carboxylic acids is 1. The Bertz CT molecular complexity index is 757. The van der Waals surface area contributed by atoms with Crippen LogP contribution in [0.15, 0.2) is 30.7 Å². The van der Waals surface area contributed by atoms with Gasteiger partial charge in [-0.1, -0.05) is 33.8 Å². The zero-order valence-electron chi connectivity index (χ0n) is 16.5. The Labute approximate surface area is 156 Å². The van der Waals surface area contributed by atoms with Crippen molar-refractivity contribution < 1.29 is 9.90 Å². The Morgan fingerprint density at radius 1 is 1.12 bits per heavy atom. The minimum Gasteiger partial charge on any atom is -0.507 e. The van der Waals surface area contributed by atoms with E-state index in [1.54, 1.807) is 30.5 Å². The average Bonchev–Trinajstić information content (AvgIpc) is 2.61. The van der Waals surface area contributed by atoms with Crippen LogP contribution in [-0.4, -0.2) is 39.0 Å². The molecule has 2 rings (SSSR count). The number of likely N-dealkylation sites (N-methyl/N-ethyl adjacent to an activating group) is 1. The van der Waals surface area contributed by atoms with Crippen molar-refractivity contribution in [2.24, 2.45) is 0 Å². The molecule has 0 aliphatic heterocycles. The third kappa shape index (κ3) is 4.40. The van der Waals surface area contributed by atoms with Gasteiger partial charge in [0.2, 0.25) is 0 Å². The molecule has 0 bridgehead atoms. The first-order valence-corrected chi connectivity index (χ1v) is 9.11. The summed E-state index contributed by atoms with van der Waals surface area (Å²) in [5.41, 5.74) is 3.08. The maximum absolute atomic E-state index is 13.1. The number of rotatable bonds is 6. The Morgan fingerprint density at radius 3 is 2.35 bits per heavy atom. The van der Waals surface area contributed by atoms with Gasteiger partial charge in [-0.25, -0.2) is 0 Å². The lowest BCUT2D eigenvalue weighted by atomic mass is 9.91. The standard InChI is InChI=1S/C21H29N3O2/c1-13(2)16-10-18(14(3)4)20(25)19(11-16)21(26)24(6)15(5)9-17-12-22-7-8-23-17/h7-8,10-15,25H,9H2,1-6H3. The van der Waals surface area contributed by atoms with Crippen LogP contribution < -0.4 is 0 Å². The molecule has 5 nitrogen and oxygen atoms in total. The number of aromatic hydroxyl groups is 1. The zero-order chi connectivity index (χ0) is 19.4. The number of carbonyl (C=O) groups is 1. The van der Waals surface area contributed by atoms with Crippen LogP contribution in [0.5, 0.6) is 5.75 Å². The van der Waals surface area contributed by atoms with Crippen molar-refractivity contribution >= 4 is 5.91 Å². The van der Waals surface area contributed by atoms with Crippen molar-refractivity contribution in [1.29, 1.82) is 0 Å². The Hall–Kier alpha value is -2.43. The highest BCUT2D eigenvalue weighted by Crippen LogP contribution is 2.33. The van der Waals surface area contributed by atoms with Gasteiger partial charge in [0.1, 0.15) is 5.75 Å². The first kappa shape index (κ1) is 19.9. The lowest BCUT2D eigenvalue weighted by molar-refractivity contribution is 0.0739. The largest absolute Gasteiger partial charge is 0.507 e. The van der Waals surface area contributed by atoms with Crippen molar-refractivity contribution in [2.45, 2.75) is 58.9 Å². The maximum Gasteiger partial charge on any atom is 0.257 e. The van der Waals surface area contributed by atoms with Gasteiger partial charge in [0, 0.05) is 38.1 Å². The van der Waals surface area contributed by atoms with Gasteiger partial charge < -0.3 is 10.0 Å². The molecule has 0 fully saturated rings. The Balaban J connectivity index is 2.32. The number of hydrogen-bond donors (Lipinski definition) is 1. The van der Waals surface area contributed by atoms with Crippen molar-refractivity contribution in [3.8, 4) is 5.75 Å². The smallest absolute Gasteiger partial charge is 0.257 e. The summed E-state index contributed by atoms with van der Waals surface area (Å²) in [5.74, 6) is 0.334. The fraction of sp³-hybridized carbons (Fsp3) is 0.476. The molecule has 0 spiro atoms. The summed E-state index contributed by atoms with van der Waals surface area (Å²) in [6.07, 6.45) is 5.60. The predicted molar refractivity (Wildman–Crippen MR) is 104 cm³/mol. The predicted octanol–water partition coefficient (Wildman–Crippen LogP) is 4.13. The molecular weight excluding hydrogens is 326 g/mol. The highest BCUT2D eigenvalue weighted by molar-refractivity contribution is 5.97. The molecular formula is C21H29N3O2. The SMILES string of the molecule is CC(C)c1cc(C(=O)N(C)C(C)Cc2cnccn2)c(O)c(C(C)C)c1. The van der Waals surface area contributed by atoms with Gasteiger partial charge in [0.05, 0.1) is 11.3 Å². The van der Waals surface area contributed by atoms with E-state index < -0.39 is 0 Å². The third-order valence-corrected chi connectivity index (χ3v) is 4.78. The van der Waals surface area contributed by atoms with Gasteiger partial charge in [-0.3, -0.25) is 14.8 Å². The number of nitrogens with zero attached hydrogens (tertiary/aromatic N) is 3. The molecule has 2 aromatic rings. The summed E-state index contributed by atoms with van der Waals surface area (Å²) in [6, 6.07) is 3.76. The van der Waals surface area contributed by atoms with E-state index in [1.807, 2.05) is 32.9 Å². The van der Waals surface area contributed by atoms with Gasteiger partial charge in [-0.05, 0) is 36.0 Å². The number of aromatic nitrogens is 2. The van der Waals surface area contributed by atoms with E-state index in [9.17, 15) is 9.90 Å². The van der Waals surface area contributed by atoms with E-state index in [1.165, 1.54) is 0 Å². The number of phenols is 1. The molecule has 0 aliphatic rings. The average molecular weight is 355 g/mol. The molecule has 5 heteroatoms. The van der Waals surface area contributed by atoms with Crippen LogP contribution in [0, 0.1) is 0 Å². The molecule has 0 saturated heterocycles. The van der Waals surface area contributed by atoms with E-state index in [-0.39, 0.29) is 29.5 Å². The molecule has 1 N–H and O–H groups in total. The third-order valence-electron chi connectivity index (χ3n) is 4.78. The lowest BCUT2D eigenvalue weighted by Gasteiger charge is -2.26. The minimum atomic E-state index is -0.178. The van der Waals surface area contributed by atoms with Crippen LogP contribution in [0.2, 0.25) is 0 Å². The number of phenolic OH excluding ortho intramolecular Hbond substituents is 1. The Morgan fingerprint density at radius 2 is 1.81 bits per heavy atom. The summed E-state index contributed by atoms with van der Waals surface area (Å²) in [4.78, 5) is 23.1. The fourth-order valence-corrected chi connectivity index (χ4v) is 2.88. The molecule has 1 unspecified atom stereocenters. The molecule has 140 valence electrons. The van der Waals surface area contributed by atoms with Crippen LogP contribution in [0.4, 0.5) is 0 Å². The number of benzene rings is 1. The second-order valence-corrected chi connectivity index (χ2v) is 7.48. The van der Waals surface area contributed by atoms with Crippen LogP contribution in [0.1, 0.15) is 73.6 Å². The normalized spacial score (nSPS) is 12.5. The highest BCUT2D eigenvalue weighted by Gasteiger charge is 2.24. The lowest BCUT2D eigenvalue weighted by Crippen LogP contribution is -2.36. The summed E-state index contributed by atoms with van der Waals surface area (Å²) < 4.78 is 0. The zero-order valence-corrected chi connectivity index (χ0v) is 16.5. The molecule has 26 heavy (non-hydrogen) atoms. The quantitative estimate of drug-likeness (QED) is 0.846. The van der Waals surface area contributed by atoms with Crippen molar-refractivity contribution in [3.63, 3.8) is 0 Å². The molecule has 1 heterocycles. The molecule has 1 amide bonds. The highest BCUT2D eigenvalue weighted by atomic mass is 16.3. The van der Waals surface area contributed by atoms with E-state index in [4.69, 9.17) is 0 Å². The van der Waals surface area contributed by atoms with E-state index >= 15 is 0 Å². The topological polar surface area (TPSA) is 66.3 Å². The summed E-state index contributed by atoms with van der Waals surface area (Å²) in [7, 11) is 1.76. The first-order valence-electron chi connectivity index (χ1n) is 9.11. The molecule has 0 aliphatic carbocycles. The summed E-state index contributed by atoms with van der Waals surface area (Å²) in [5, 5.41) is 10.7. The maximum atomic E-state index is 13.1. The summed E-state index contributed by atoms with van der Waals surface area (Å²) in [6.45, 7) is 10.2. The Kier molecular flexibility index (Phi) is 6.35. The van der Waals surface area contributed by atoms with Crippen molar-refractivity contribution in [1.82, 2.24) is 14.9 Å². The number of hydrogen-bond acceptors (Lipinski definition) is 4. The second-order valence-electron chi connectivity index (χ2n) is 7.48. The van der Waals surface area contributed by atoms with E-state index in [2.05, 4.69) is 23.8 Å². The molecule has 1 atom stereocenters. The van der Waals surface area contributed by atoms with Crippen LogP contribution >= 0.6 is 0 Å². The van der Waals surface area contributed by atoms with Gasteiger partial charge in [0.15, 0.2) is 0 Å². The first-order chi connectivity index (χ1) is 12.2. The van der Waals surface area contributed by atoms with Crippen LogP contribution in [0.25, 0.3) is 0 Å². The van der Waals surface area contributed by atoms with Crippen LogP contribution in [-0.2, 0) is 6.42 Å². The van der Waals surface area contributed by atoms with Gasteiger partial charge >= 0.3 is 0 Å². The fourth-order valence-electron chi connectivity index (χ4n) is 2.88. The van der Waals surface area contributed by atoms with Gasteiger partial charge in [-0.15, -0.1) is 0 Å². The molecule has 1 aromatic heterocycles. The number of amides is 1. The van der Waals surface area contributed by atoms with Gasteiger partial charge in [-0.2, -0.15) is 0 Å². The van der Waals surface area contributed by atoms with Gasteiger partial charge in [0.25, 0.3) is 5.91 Å². The van der Waals surface area contributed by atoms with Crippen LogP contribution in [0.3, 0.4) is 0 Å². The second kappa shape index (κ2) is 8.30. The monoisotopic (exact) mass is 355 g/mol. The van der Waals surface area contributed by atoms with E-state index in [0.29, 0.717) is 12.0 Å². The molecule has 1 aromatic carbocycles. The van der Waals surface area contributed by atoms with Crippen molar-refractivity contribution in [2.75, 3.05) is 7.05 Å². The molecule has 0 saturated carbocycles. The summed E-state index contributed by atoms with van der Waals surface area (Å²) >= 11 is 0.